The second kappa shape index (κ2) is 4.63. The summed E-state index contributed by atoms with van der Waals surface area (Å²) in [6.07, 6.45) is 3.94. The summed E-state index contributed by atoms with van der Waals surface area (Å²) in [6.45, 7) is 1.20. The Hall–Kier alpha value is -0.930. The van der Waals surface area contributed by atoms with Crippen LogP contribution < -0.4 is 21.5 Å². The molecule has 1 nitrogen and oxygen atoms in total. The highest BCUT2D eigenvalue weighted by Gasteiger charge is 2.24. The Kier molecular flexibility index (Phi) is 3.12. The Balaban J connectivity index is 0.000001000. The van der Waals surface area contributed by atoms with Crippen molar-refractivity contribution in [2.75, 3.05) is 0 Å². The molecule has 0 saturated heterocycles. The van der Waals surface area contributed by atoms with E-state index in [0.29, 0.717) is 0 Å². The first kappa shape index (κ1) is 12.1. The monoisotopic (exact) mass is 319 g/mol. The standard InChI is InChI=1S/C15H14NS.BrH/c1-2-6-12-11(5-1)8-9-13-15(12)17-14-7-3-4-10-16(13)14;/h1-2,5-6,8-9H,3-4,7,10H2;1H/q+1;/p-1. The minimum Gasteiger partial charge on any atom is -1.00 e. The number of fused-ring (bicyclic) bond motifs is 5. The Labute approximate surface area is 121 Å². The van der Waals surface area contributed by atoms with E-state index in [1.807, 2.05) is 11.3 Å². The van der Waals surface area contributed by atoms with Gasteiger partial charge in [-0.25, -0.2) is 0 Å². The van der Waals surface area contributed by atoms with Crippen LogP contribution in [0, 0.1) is 0 Å². The van der Waals surface area contributed by atoms with E-state index in [9.17, 15) is 0 Å². The Morgan fingerprint density at radius 2 is 1.89 bits per heavy atom. The molecule has 92 valence electrons. The van der Waals surface area contributed by atoms with Crippen molar-refractivity contribution in [2.24, 2.45) is 0 Å². The Morgan fingerprint density at radius 3 is 2.83 bits per heavy atom. The molecule has 0 spiro atoms. The number of halogens is 1. The molecule has 0 fully saturated rings. The minimum atomic E-state index is 0. The number of hydrogen-bond acceptors (Lipinski definition) is 1. The first-order valence-electron chi connectivity index (χ1n) is 6.26. The lowest BCUT2D eigenvalue weighted by Crippen LogP contribution is -3.00. The summed E-state index contributed by atoms with van der Waals surface area (Å²) < 4.78 is 4.00. The topological polar surface area (TPSA) is 3.88 Å². The molecule has 0 atom stereocenters. The number of rotatable bonds is 0. The van der Waals surface area contributed by atoms with E-state index >= 15 is 0 Å². The molecule has 0 unspecified atom stereocenters. The lowest BCUT2D eigenvalue weighted by atomic mass is 10.1. The molecule has 2 heterocycles. The van der Waals surface area contributed by atoms with Gasteiger partial charge in [0.05, 0.1) is 0 Å². The van der Waals surface area contributed by atoms with Crippen LogP contribution in [0.4, 0.5) is 0 Å². The fourth-order valence-corrected chi connectivity index (χ4v) is 4.20. The van der Waals surface area contributed by atoms with E-state index in [-0.39, 0.29) is 17.0 Å². The van der Waals surface area contributed by atoms with E-state index in [1.54, 1.807) is 5.01 Å². The lowest BCUT2D eigenvalue weighted by molar-refractivity contribution is -0.679. The average Bonchev–Trinajstić information content (AvgIpc) is 2.78. The molecule has 0 N–H and O–H groups in total. The van der Waals surface area contributed by atoms with Crippen LogP contribution in [0.3, 0.4) is 0 Å². The van der Waals surface area contributed by atoms with Crippen LogP contribution in [-0.4, -0.2) is 0 Å². The van der Waals surface area contributed by atoms with Crippen molar-refractivity contribution >= 4 is 32.3 Å². The SMILES string of the molecule is [Br-].c1ccc2c(c1)ccc1c2sc2[n+]1CCCC2. The predicted octanol–water partition coefficient (Wildman–Crippen LogP) is 0.682. The fraction of sp³-hybridized carbons (Fsp3) is 0.267. The van der Waals surface area contributed by atoms with Gasteiger partial charge in [-0.1, -0.05) is 35.6 Å². The molecule has 2 aromatic carbocycles. The van der Waals surface area contributed by atoms with Crippen LogP contribution in [-0.2, 0) is 13.0 Å². The molecule has 0 radical (unpaired) electrons. The normalized spacial score (nSPS) is 14.4. The van der Waals surface area contributed by atoms with Crippen molar-refractivity contribution in [1.82, 2.24) is 0 Å². The van der Waals surface area contributed by atoms with Crippen LogP contribution in [0.2, 0.25) is 0 Å². The number of benzene rings is 2. The van der Waals surface area contributed by atoms with E-state index in [2.05, 4.69) is 41.0 Å². The largest absolute Gasteiger partial charge is 1.00 e. The molecule has 0 saturated carbocycles. The van der Waals surface area contributed by atoms with Crippen LogP contribution >= 0.6 is 11.3 Å². The van der Waals surface area contributed by atoms with Gasteiger partial charge in [-0.15, -0.1) is 0 Å². The summed E-state index contributed by atoms with van der Waals surface area (Å²) >= 11 is 1.99. The Bertz CT molecular complexity index is 717. The van der Waals surface area contributed by atoms with Gasteiger partial charge in [0.15, 0.2) is 0 Å². The van der Waals surface area contributed by atoms with Gasteiger partial charge in [0.2, 0.25) is 10.5 Å². The molecular weight excluding hydrogens is 306 g/mol. The Morgan fingerprint density at radius 1 is 1.00 bits per heavy atom. The number of hydrogen-bond donors (Lipinski definition) is 0. The average molecular weight is 320 g/mol. The highest BCUT2D eigenvalue weighted by Crippen LogP contribution is 2.31. The third-order valence-electron chi connectivity index (χ3n) is 3.69. The van der Waals surface area contributed by atoms with Gasteiger partial charge < -0.3 is 17.0 Å². The molecule has 18 heavy (non-hydrogen) atoms. The number of aromatic nitrogens is 1. The van der Waals surface area contributed by atoms with Gasteiger partial charge in [0, 0.05) is 24.3 Å². The van der Waals surface area contributed by atoms with E-state index in [1.165, 1.54) is 46.8 Å². The summed E-state index contributed by atoms with van der Waals surface area (Å²) in [5.41, 5.74) is 1.43. The van der Waals surface area contributed by atoms with Crippen LogP contribution in [0.5, 0.6) is 0 Å². The van der Waals surface area contributed by atoms with Crippen molar-refractivity contribution in [1.29, 1.82) is 0 Å². The number of thiazole rings is 1. The van der Waals surface area contributed by atoms with Gasteiger partial charge in [-0.3, -0.25) is 0 Å². The third kappa shape index (κ3) is 1.69. The molecule has 4 rings (SSSR count). The molecular formula is C15H14BrNS. The first-order valence-corrected chi connectivity index (χ1v) is 7.08. The summed E-state index contributed by atoms with van der Waals surface area (Å²) in [4.78, 5) is 0. The van der Waals surface area contributed by atoms with Gasteiger partial charge >= 0.3 is 0 Å². The maximum Gasteiger partial charge on any atom is 0.238 e. The van der Waals surface area contributed by atoms with Crippen LogP contribution in [0.1, 0.15) is 17.8 Å². The number of nitrogens with zero attached hydrogens (tertiary/aromatic N) is 1. The van der Waals surface area contributed by atoms with Gasteiger partial charge in [0.25, 0.3) is 0 Å². The zero-order chi connectivity index (χ0) is 11.2. The highest BCUT2D eigenvalue weighted by atomic mass is 79.9. The van der Waals surface area contributed by atoms with E-state index in [0.717, 1.165) is 0 Å². The van der Waals surface area contributed by atoms with Crippen molar-refractivity contribution in [2.45, 2.75) is 25.8 Å². The van der Waals surface area contributed by atoms with Crippen molar-refractivity contribution in [3.63, 3.8) is 0 Å². The molecule has 1 aromatic heterocycles. The smallest absolute Gasteiger partial charge is 0.238 e. The molecule has 0 aliphatic carbocycles. The van der Waals surface area contributed by atoms with Crippen LogP contribution in [0.15, 0.2) is 36.4 Å². The summed E-state index contributed by atoms with van der Waals surface area (Å²) in [5.74, 6) is 0. The van der Waals surface area contributed by atoms with E-state index < -0.39 is 0 Å². The van der Waals surface area contributed by atoms with Gasteiger partial charge in [-0.05, 0) is 17.9 Å². The van der Waals surface area contributed by atoms with Crippen molar-refractivity contribution in [3.05, 3.63) is 41.4 Å². The number of aryl methyl sites for hydroxylation is 2. The highest BCUT2D eigenvalue weighted by molar-refractivity contribution is 7.19. The maximum atomic E-state index is 2.52. The quantitative estimate of drug-likeness (QED) is 0.537. The first-order chi connectivity index (χ1) is 8.43. The third-order valence-corrected chi connectivity index (χ3v) is 4.99. The van der Waals surface area contributed by atoms with Crippen LogP contribution in [0.25, 0.3) is 21.0 Å². The van der Waals surface area contributed by atoms with Crippen molar-refractivity contribution < 1.29 is 21.5 Å². The van der Waals surface area contributed by atoms with E-state index in [4.69, 9.17) is 0 Å². The maximum absolute atomic E-state index is 2.52. The molecule has 1 aliphatic rings. The van der Waals surface area contributed by atoms with Gasteiger partial charge in [0.1, 0.15) is 11.2 Å². The molecule has 1 aliphatic heterocycles. The lowest BCUT2D eigenvalue weighted by Gasteiger charge is -2.04. The molecule has 3 heteroatoms. The van der Waals surface area contributed by atoms with Gasteiger partial charge in [-0.2, -0.15) is 4.57 Å². The summed E-state index contributed by atoms with van der Waals surface area (Å²) in [6, 6.07) is 13.3. The summed E-state index contributed by atoms with van der Waals surface area (Å²) in [7, 11) is 0. The summed E-state index contributed by atoms with van der Waals surface area (Å²) in [5, 5.41) is 4.33. The zero-order valence-electron chi connectivity index (χ0n) is 10.0. The minimum absolute atomic E-state index is 0. The zero-order valence-corrected chi connectivity index (χ0v) is 12.4. The fourth-order valence-electron chi connectivity index (χ4n) is 2.84. The van der Waals surface area contributed by atoms with Crippen molar-refractivity contribution in [3.8, 4) is 0 Å². The second-order valence-electron chi connectivity index (χ2n) is 4.74. The molecule has 3 aromatic rings. The molecule has 0 amide bonds. The second-order valence-corrected chi connectivity index (χ2v) is 5.82. The predicted molar refractivity (Wildman–Crippen MR) is 72.5 cm³/mol. The molecule has 0 bridgehead atoms.